The van der Waals surface area contributed by atoms with Gasteiger partial charge in [0, 0.05) is 55.2 Å². The van der Waals surface area contributed by atoms with Crippen molar-refractivity contribution in [3.63, 3.8) is 0 Å². The number of fused-ring (bicyclic) bond motifs is 1. The maximum Gasteiger partial charge on any atom is 0.165 e. The van der Waals surface area contributed by atoms with Crippen LogP contribution in [0.3, 0.4) is 0 Å². The van der Waals surface area contributed by atoms with Crippen LogP contribution >= 0.6 is 0 Å². The third-order valence-corrected chi connectivity index (χ3v) is 7.58. The van der Waals surface area contributed by atoms with E-state index in [1.54, 1.807) is 0 Å². The minimum Gasteiger partial charge on any atom is -0.356 e. The Hall–Kier alpha value is -3.39. The topological polar surface area (TPSA) is 86.7 Å². The van der Waals surface area contributed by atoms with Crippen LogP contribution in [-0.2, 0) is 6.42 Å². The van der Waals surface area contributed by atoms with Crippen LogP contribution in [0, 0.1) is 12.3 Å². The number of aryl methyl sites for hydroxylation is 1. The van der Waals surface area contributed by atoms with Crippen LogP contribution in [0.25, 0.3) is 22.3 Å². The van der Waals surface area contributed by atoms with Gasteiger partial charge in [0.2, 0.25) is 0 Å². The van der Waals surface area contributed by atoms with Gasteiger partial charge in [-0.3, -0.25) is 15.1 Å². The second kappa shape index (κ2) is 8.43. The molecule has 4 aromatic heterocycles. The van der Waals surface area contributed by atoms with Crippen molar-refractivity contribution in [1.82, 2.24) is 35.0 Å². The Balaban J connectivity index is 1.39. The molecule has 0 bridgehead atoms. The molecule has 2 saturated heterocycles. The molecule has 1 N–H and O–H groups in total. The third kappa shape index (κ3) is 3.92. The molecule has 6 rings (SSSR count). The second-order valence-corrected chi connectivity index (χ2v) is 9.98. The Morgan fingerprint density at radius 1 is 1.03 bits per heavy atom. The van der Waals surface area contributed by atoms with Crippen LogP contribution in [0.1, 0.15) is 36.2 Å². The lowest BCUT2D eigenvalue weighted by Gasteiger charge is -2.40. The Kier molecular flexibility index (Phi) is 5.25. The summed E-state index contributed by atoms with van der Waals surface area (Å²) in [6.45, 7) is 6.47. The highest BCUT2D eigenvalue weighted by atomic mass is 15.2. The van der Waals surface area contributed by atoms with Gasteiger partial charge in [-0.1, -0.05) is 0 Å². The highest BCUT2D eigenvalue weighted by molar-refractivity contribution is 5.91. The van der Waals surface area contributed by atoms with E-state index in [9.17, 15) is 0 Å². The molecule has 2 aliphatic heterocycles. The van der Waals surface area contributed by atoms with Gasteiger partial charge in [-0.15, -0.1) is 0 Å². The zero-order valence-corrected chi connectivity index (χ0v) is 19.8. The molecular formula is C26H30N8. The maximum atomic E-state index is 5.11. The van der Waals surface area contributed by atoms with Crippen LogP contribution < -0.4 is 4.90 Å². The van der Waals surface area contributed by atoms with E-state index < -0.39 is 0 Å². The number of hydrogen-bond acceptors (Lipinski definition) is 7. The normalized spacial score (nSPS) is 18.2. The van der Waals surface area contributed by atoms with E-state index in [1.165, 1.54) is 37.9 Å². The van der Waals surface area contributed by atoms with Crippen LogP contribution in [0.4, 0.5) is 5.82 Å². The van der Waals surface area contributed by atoms with Gasteiger partial charge >= 0.3 is 0 Å². The summed E-state index contributed by atoms with van der Waals surface area (Å²) in [7, 11) is 2.25. The highest BCUT2D eigenvalue weighted by Gasteiger charge is 2.39. The number of aromatic nitrogens is 6. The predicted molar refractivity (Wildman–Crippen MR) is 133 cm³/mol. The molecule has 6 heterocycles. The number of rotatable bonds is 4. The molecule has 0 amide bonds. The Morgan fingerprint density at radius 3 is 2.53 bits per heavy atom. The molecule has 0 aromatic carbocycles. The number of piperidine rings is 1. The van der Waals surface area contributed by atoms with Crippen molar-refractivity contribution < 1.29 is 0 Å². The molecule has 0 saturated carbocycles. The number of nitrogens with zero attached hydrogens (tertiary/aromatic N) is 7. The van der Waals surface area contributed by atoms with E-state index in [4.69, 9.17) is 15.0 Å². The van der Waals surface area contributed by atoms with Gasteiger partial charge in [-0.05, 0) is 69.0 Å². The number of aromatic amines is 1. The molecule has 2 fully saturated rings. The van der Waals surface area contributed by atoms with E-state index in [2.05, 4.69) is 38.1 Å². The van der Waals surface area contributed by atoms with Gasteiger partial charge < -0.3 is 9.80 Å². The average Bonchev–Trinajstić information content (AvgIpc) is 3.45. The summed E-state index contributed by atoms with van der Waals surface area (Å²) in [5.41, 5.74) is 5.46. The van der Waals surface area contributed by atoms with Crippen LogP contribution in [0.5, 0.6) is 0 Å². The summed E-state index contributed by atoms with van der Waals surface area (Å²) in [5.74, 6) is 1.72. The van der Waals surface area contributed by atoms with Crippen molar-refractivity contribution in [1.29, 1.82) is 0 Å². The fourth-order valence-corrected chi connectivity index (χ4v) is 5.56. The SMILES string of the molecule is Cc1[nH]ncc1-c1nc(N2CCC3(CCN(C)C3)CC2)c2cc(Cc3ccncc3)ncc2n1. The summed E-state index contributed by atoms with van der Waals surface area (Å²) in [5, 5.41) is 8.28. The summed E-state index contributed by atoms with van der Waals surface area (Å²) < 4.78 is 0. The standard InChI is InChI=1S/C26H30N8/c1-18-22(15-29-32-18)24-30-23-16-28-20(13-19-3-8-27-9-4-19)14-21(23)25(31-24)34-11-6-26(7-12-34)5-10-33(2)17-26/h3-4,8-9,14-16H,5-7,10-13,17H2,1-2H3,(H,29,32). The quantitative estimate of drug-likeness (QED) is 0.504. The number of hydrogen-bond donors (Lipinski definition) is 1. The van der Waals surface area contributed by atoms with Gasteiger partial charge in [0.15, 0.2) is 5.82 Å². The molecule has 8 heteroatoms. The van der Waals surface area contributed by atoms with Crippen molar-refractivity contribution in [2.75, 3.05) is 38.1 Å². The van der Waals surface area contributed by atoms with Crippen molar-refractivity contribution in [3.8, 4) is 11.4 Å². The van der Waals surface area contributed by atoms with Gasteiger partial charge in [-0.2, -0.15) is 5.10 Å². The number of nitrogens with one attached hydrogen (secondary N) is 1. The van der Waals surface area contributed by atoms with Crippen LogP contribution in [0.15, 0.2) is 43.0 Å². The molecule has 0 unspecified atom stereocenters. The fourth-order valence-electron chi connectivity index (χ4n) is 5.56. The summed E-state index contributed by atoms with van der Waals surface area (Å²) in [6, 6.07) is 6.25. The monoisotopic (exact) mass is 454 g/mol. The van der Waals surface area contributed by atoms with Gasteiger partial charge in [0.1, 0.15) is 5.82 Å². The third-order valence-electron chi connectivity index (χ3n) is 7.58. The largest absolute Gasteiger partial charge is 0.356 e. The lowest BCUT2D eigenvalue weighted by molar-refractivity contribution is 0.222. The zero-order chi connectivity index (χ0) is 23.1. The first-order valence-corrected chi connectivity index (χ1v) is 12.1. The van der Waals surface area contributed by atoms with E-state index in [-0.39, 0.29) is 0 Å². The first-order valence-electron chi connectivity index (χ1n) is 12.1. The molecule has 1 spiro atoms. The first-order chi connectivity index (χ1) is 16.6. The summed E-state index contributed by atoms with van der Waals surface area (Å²) in [6.07, 6.45) is 11.8. The average molecular weight is 455 g/mol. The number of anilines is 1. The van der Waals surface area contributed by atoms with Crippen molar-refractivity contribution in [2.45, 2.75) is 32.6 Å². The molecule has 2 aliphatic rings. The fraction of sp³-hybridized carbons (Fsp3) is 0.423. The molecule has 4 aromatic rings. The molecule has 0 aliphatic carbocycles. The molecule has 0 radical (unpaired) electrons. The van der Waals surface area contributed by atoms with Crippen LogP contribution in [0.2, 0.25) is 0 Å². The molecule has 34 heavy (non-hydrogen) atoms. The van der Waals surface area contributed by atoms with Crippen molar-refractivity contribution in [3.05, 3.63) is 59.9 Å². The van der Waals surface area contributed by atoms with Crippen LogP contribution in [-0.4, -0.2) is 68.3 Å². The zero-order valence-electron chi connectivity index (χ0n) is 19.8. The number of H-pyrrole nitrogens is 1. The second-order valence-electron chi connectivity index (χ2n) is 9.98. The highest BCUT2D eigenvalue weighted by Crippen LogP contribution is 2.41. The Bertz CT molecular complexity index is 1310. The molecule has 0 atom stereocenters. The lowest BCUT2D eigenvalue weighted by Crippen LogP contribution is -2.41. The Morgan fingerprint density at radius 2 is 1.82 bits per heavy atom. The Labute approximate surface area is 199 Å². The molecule has 174 valence electrons. The van der Waals surface area contributed by atoms with Crippen molar-refractivity contribution in [2.24, 2.45) is 5.41 Å². The minimum atomic E-state index is 0.464. The van der Waals surface area contributed by atoms with Gasteiger partial charge in [-0.25, -0.2) is 9.97 Å². The molecule has 8 nitrogen and oxygen atoms in total. The van der Waals surface area contributed by atoms with Crippen molar-refractivity contribution >= 4 is 16.7 Å². The van der Waals surface area contributed by atoms with Gasteiger partial charge in [0.25, 0.3) is 0 Å². The van der Waals surface area contributed by atoms with E-state index >= 15 is 0 Å². The van der Waals surface area contributed by atoms with E-state index in [1.807, 2.05) is 43.8 Å². The minimum absolute atomic E-state index is 0.464. The first kappa shape index (κ1) is 21.2. The summed E-state index contributed by atoms with van der Waals surface area (Å²) in [4.78, 5) is 23.8. The smallest absolute Gasteiger partial charge is 0.165 e. The predicted octanol–water partition coefficient (Wildman–Crippen LogP) is 3.63. The number of likely N-dealkylation sites (tertiary alicyclic amines) is 1. The lowest BCUT2D eigenvalue weighted by atomic mass is 9.78. The van der Waals surface area contributed by atoms with E-state index in [0.29, 0.717) is 11.2 Å². The number of pyridine rings is 2. The van der Waals surface area contributed by atoms with Gasteiger partial charge in [0.05, 0.1) is 23.5 Å². The maximum absolute atomic E-state index is 5.11. The summed E-state index contributed by atoms with van der Waals surface area (Å²) >= 11 is 0. The van der Waals surface area contributed by atoms with E-state index in [0.717, 1.165) is 53.2 Å². The molecular weight excluding hydrogens is 424 g/mol.